The van der Waals surface area contributed by atoms with Gasteiger partial charge in [-0.25, -0.2) is 0 Å². The second-order valence-electron chi connectivity index (χ2n) is 6.00. The third-order valence-corrected chi connectivity index (χ3v) is 3.82. The van der Waals surface area contributed by atoms with Crippen molar-refractivity contribution in [2.24, 2.45) is 5.41 Å². The maximum absolute atomic E-state index is 5.78. The molecule has 3 heteroatoms. The second-order valence-corrected chi connectivity index (χ2v) is 6.00. The molecule has 1 aromatic rings. The Labute approximate surface area is 130 Å². The summed E-state index contributed by atoms with van der Waals surface area (Å²) in [5.74, 6) is 0.966. The maximum Gasteiger partial charge on any atom is 0.119 e. The van der Waals surface area contributed by atoms with Crippen LogP contribution < -0.4 is 10.1 Å². The van der Waals surface area contributed by atoms with E-state index in [2.05, 4.69) is 19.2 Å². The summed E-state index contributed by atoms with van der Waals surface area (Å²) in [4.78, 5) is 0. The zero-order chi connectivity index (χ0) is 15.4. The van der Waals surface area contributed by atoms with Gasteiger partial charge in [-0.2, -0.15) is 0 Å². The first-order chi connectivity index (χ1) is 10.2. The second kappa shape index (κ2) is 10.6. The molecule has 0 saturated carbocycles. The Morgan fingerprint density at radius 1 is 1.10 bits per heavy atom. The van der Waals surface area contributed by atoms with Crippen molar-refractivity contribution in [1.82, 2.24) is 5.32 Å². The Hall–Kier alpha value is -1.06. The zero-order valence-corrected chi connectivity index (χ0v) is 13.9. The summed E-state index contributed by atoms with van der Waals surface area (Å²) in [6.45, 7) is 8.18. The normalized spacial score (nSPS) is 13.9. The van der Waals surface area contributed by atoms with E-state index in [1.54, 1.807) is 7.11 Å². The van der Waals surface area contributed by atoms with E-state index in [1.165, 1.54) is 19.3 Å². The summed E-state index contributed by atoms with van der Waals surface area (Å²) >= 11 is 0. The number of methoxy groups -OCH3 is 1. The third kappa shape index (κ3) is 8.08. The molecule has 0 spiro atoms. The molecule has 0 aliphatic carbocycles. The molecule has 1 unspecified atom stereocenters. The van der Waals surface area contributed by atoms with Gasteiger partial charge in [0.05, 0.1) is 13.2 Å². The lowest BCUT2D eigenvalue weighted by Gasteiger charge is -2.30. The lowest BCUT2D eigenvalue weighted by atomic mass is 9.81. The number of rotatable bonds is 12. The zero-order valence-electron chi connectivity index (χ0n) is 13.9. The molecule has 0 amide bonds. The smallest absolute Gasteiger partial charge is 0.119 e. The van der Waals surface area contributed by atoms with Crippen LogP contribution in [0.5, 0.6) is 5.75 Å². The van der Waals surface area contributed by atoms with Crippen molar-refractivity contribution in [3.8, 4) is 5.75 Å². The molecule has 1 aromatic carbocycles. The molecule has 1 N–H and O–H groups in total. The number of hydrogen-bond acceptors (Lipinski definition) is 3. The SMILES string of the molecule is CCCC(C)(CCCOc1ccccc1)CNCCOC. The molecule has 0 fully saturated rings. The highest BCUT2D eigenvalue weighted by Crippen LogP contribution is 2.28. The minimum absolute atomic E-state index is 0.350. The van der Waals surface area contributed by atoms with Gasteiger partial charge in [-0.15, -0.1) is 0 Å². The van der Waals surface area contributed by atoms with E-state index >= 15 is 0 Å². The number of nitrogens with one attached hydrogen (secondary N) is 1. The van der Waals surface area contributed by atoms with Crippen LogP contribution in [-0.4, -0.2) is 33.4 Å². The van der Waals surface area contributed by atoms with Crippen molar-refractivity contribution < 1.29 is 9.47 Å². The number of hydrogen-bond donors (Lipinski definition) is 1. The Balaban J connectivity index is 2.25. The average molecular weight is 293 g/mol. The Morgan fingerprint density at radius 2 is 1.86 bits per heavy atom. The fourth-order valence-electron chi connectivity index (χ4n) is 2.68. The molecule has 21 heavy (non-hydrogen) atoms. The van der Waals surface area contributed by atoms with Gasteiger partial charge in [-0.1, -0.05) is 38.5 Å². The first-order valence-corrected chi connectivity index (χ1v) is 8.08. The monoisotopic (exact) mass is 293 g/mol. The summed E-state index contributed by atoms with van der Waals surface area (Å²) in [5.41, 5.74) is 0.350. The predicted octanol–water partition coefficient (Wildman–Crippen LogP) is 3.89. The van der Waals surface area contributed by atoms with Crippen LogP contribution in [0, 0.1) is 5.41 Å². The van der Waals surface area contributed by atoms with Gasteiger partial charge >= 0.3 is 0 Å². The van der Waals surface area contributed by atoms with E-state index in [1.807, 2.05) is 30.3 Å². The predicted molar refractivity (Wildman–Crippen MR) is 88.9 cm³/mol. The number of benzene rings is 1. The van der Waals surface area contributed by atoms with Crippen LogP contribution in [0.25, 0.3) is 0 Å². The molecule has 0 bridgehead atoms. The number of ether oxygens (including phenoxy) is 2. The van der Waals surface area contributed by atoms with Gasteiger partial charge in [0.1, 0.15) is 5.75 Å². The van der Waals surface area contributed by atoms with E-state index in [4.69, 9.17) is 9.47 Å². The van der Waals surface area contributed by atoms with Gasteiger partial charge in [-0.05, 0) is 36.8 Å². The largest absolute Gasteiger partial charge is 0.494 e. The quantitative estimate of drug-likeness (QED) is 0.593. The first-order valence-electron chi connectivity index (χ1n) is 8.08. The summed E-state index contributed by atoms with van der Waals surface area (Å²) in [6, 6.07) is 10.1. The van der Waals surface area contributed by atoms with Gasteiger partial charge in [0, 0.05) is 20.2 Å². The molecule has 0 aliphatic heterocycles. The average Bonchev–Trinajstić information content (AvgIpc) is 2.50. The lowest BCUT2D eigenvalue weighted by molar-refractivity contribution is 0.182. The van der Waals surface area contributed by atoms with E-state index in [9.17, 15) is 0 Å². The summed E-state index contributed by atoms with van der Waals surface area (Å²) in [6.07, 6.45) is 4.76. The highest BCUT2D eigenvalue weighted by atomic mass is 16.5. The van der Waals surface area contributed by atoms with Crippen LogP contribution in [0.15, 0.2) is 30.3 Å². The maximum atomic E-state index is 5.78. The van der Waals surface area contributed by atoms with E-state index in [0.29, 0.717) is 5.41 Å². The van der Waals surface area contributed by atoms with Crippen molar-refractivity contribution in [2.45, 2.75) is 39.5 Å². The van der Waals surface area contributed by atoms with E-state index < -0.39 is 0 Å². The molecule has 0 aliphatic rings. The van der Waals surface area contributed by atoms with E-state index in [0.717, 1.165) is 38.5 Å². The molecule has 1 atom stereocenters. The van der Waals surface area contributed by atoms with Gasteiger partial charge in [0.15, 0.2) is 0 Å². The molecule has 1 rings (SSSR count). The molecular formula is C18H31NO2. The van der Waals surface area contributed by atoms with Crippen LogP contribution in [0.3, 0.4) is 0 Å². The summed E-state index contributed by atoms with van der Waals surface area (Å²) < 4.78 is 10.9. The minimum Gasteiger partial charge on any atom is -0.494 e. The van der Waals surface area contributed by atoms with E-state index in [-0.39, 0.29) is 0 Å². The summed E-state index contributed by atoms with van der Waals surface area (Å²) in [5, 5.41) is 3.50. The molecule has 120 valence electrons. The van der Waals surface area contributed by atoms with Crippen molar-refractivity contribution in [3.63, 3.8) is 0 Å². The van der Waals surface area contributed by atoms with Gasteiger partial charge in [0.25, 0.3) is 0 Å². The Kier molecular flexibility index (Phi) is 9.11. The highest BCUT2D eigenvalue weighted by molar-refractivity contribution is 5.20. The third-order valence-electron chi connectivity index (χ3n) is 3.82. The highest BCUT2D eigenvalue weighted by Gasteiger charge is 2.22. The fraction of sp³-hybridized carbons (Fsp3) is 0.667. The Bertz CT molecular complexity index is 355. The van der Waals surface area contributed by atoms with Crippen molar-refractivity contribution in [3.05, 3.63) is 30.3 Å². The summed E-state index contributed by atoms with van der Waals surface area (Å²) in [7, 11) is 1.74. The molecule has 3 nitrogen and oxygen atoms in total. The van der Waals surface area contributed by atoms with Crippen LogP contribution in [0.1, 0.15) is 39.5 Å². The molecular weight excluding hydrogens is 262 g/mol. The Morgan fingerprint density at radius 3 is 2.52 bits per heavy atom. The number of para-hydroxylation sites is 1. The molecule has 0 aromatic heterocycles. The van der Waals surface area contributed by atoms with Crippen molar-refractivity contribution in [2.75, 3.05) is 33.4 Å². The molecule has 0 radical (unpaired) electrons. The van der Waals surface area contributed by atoms with Crippen LogP contribution in [0.4, 0.5) is 0 Å². The lowest BCUT2D eigenvalue weighted by Crippen LogP contribution is -2.34. The van der Waals surface area contributed by atoms with Crippen molar-refractivity contribution >= 4 is 0 Å². The van der Waals surface area contributed by atoms with Crippen LogP contribution in [-0.2, 0) is 4.74 Å². The fourth-order valence-corrected chi connectivity index (χ4v) is 2.68. The van der Waals surface area contributed by atoms with Crippen LogP contribution in [0.2, 0.25) is 0 Å². The standard InChI is InChI=1S/C18H31NO2/c1-4-11-18(2,16-19-13-15-20-3)12-8-14-21-17-9-6-5-7-10-17/h5-7,9-10,19H,4,8,11-16H2,1-3H3. The molecule has 0 saturated heterocycles. The minimum atomic E-state index is 0.350. The topological polar surface area (TPSA) is 30.5 Å². The van der Waals surface area contributed by atoms with Crippen LogP contribution >= 0.6 is 0 Å². The van der Waals surface area contributed by atoms with Gasteiger partial charge in [0.2, 0.25) is 0 Å². The van der Waals surface area contributed by atoms with Gasteiger partial charge in [-0.3, -0.25) is 0 Å². The first kappa shape index (κ1) is 18.0. The van der Waals surface area contributed by atoms with Crippen molar-refractivity contribution in [1.29, 1.82) is 0 Å². The molecule has 0 heterocycles. The van der Waals surface area contributed by atoms with Gasteiger partial charge < -0.3 is 14.8 Å².